The highest BCUT2D eigenvalue weighted by atomic mass is 35.5. The van der Waals surface area contributed by atoms with Crippen molar-refractivity contribution in [3.8, 4) is 0 Å². The highest BCUT2D eigenvalue weighted by Gasteiger charge is 2.14. The van der Waals surface area contributed by atoms with Gasteiger partial charge in [0.2, 0.25) is 0 Å². The van der Waals surface area contributed by atoms with Crippen molar-refractivity contribution in [2.75, 3.05) is 0 Å². The molecule has 0 bridgehead atoms. The van der Waals surface area contributed by atoms with Crippen LogP contribution in [0.3, 0.4) is 0 Å². The average Bonchev–Trinajstić information content (AvgIpc) is 2.98. The fourth-order valence-corrected chi connectivity index (χ4v) is 2.30. The van der Waals surface area contributed by atoms with Crippen molar-refractivity contribution in [1.82, 2.24) is 9.55 Å². The molecule has 3 nitrogen and oxygen atoms in total. The quantitative estimate of drug-likeness (QED) is 0.667. The third kappa shape index (κ3) is 1.91. The van der Waals surface area contributed by atoms with Gasteiger partial charge < -0.3 is 8.98 Å². The van der Waals surface area contributed by atoms with E-state index in [1.54, 1.807) is 12.5 Å². The van der Waals surface area contributed by atoms with Crippen molar-refractivity contribution < 1.29 is 4.42 Å². The number of furan rings is 1. The molecule has 2 heterocycles. The normalized spacial score (nSPS) is 13.0. The summed E-state index contributed by atoms with van der Waals surface area (Å²) in [7, 11) is 0. The van der Waals surface area contributed by atoms with Gasteiger partial charge in [0, 0.05) is 5.56 Å². The highest BCUT2D eigenvalue weighted by Crippen LogP contribution is 2.25. The van der Waals surface area contributed by atoms with E-state index in [0.29, 0.717) is 0 Å². The maximum atomic E-state index is 6.21. The minimum atomic E-state index is -0.121. The average molecular weight is 261 g/mol. The number of hydrogen-bond acceptors (Lipinski definition) is 2. The summed E-state index contributed by atoms with van der Waals surface area (Å²) in [5, 5.41) is -0.121. The maximum absolute atomic E-state index is 6.21. The molecule has 18 heavy (non-hydrogen) atoms. The molecule has 0 saturated heterocycles. The largest absolute Gasteiger partial charge is 0.472 e. The molecule has 1 unspecified atom stereocenters. The van der Waals surface area contributed by atoms with E-state index < -0.39 is 0 Å². The van der Waals surface area contributed by atoms with Crippen LogP contribution in [-0.2, 0) is 6.54 Å². The summed E-state index contributed by atoms with van der Waals surface area (Å²) in [5.74, 6) is 0.888. The van der Waals surface area contributed by atoms with Crippen LogP contribution in [0.25, 0.3) is 11.0 Å². The Kier molecular flexibility index (Phi) is 2.84. The van der Waals surface area contributed by atoms with Gasteiger partial charge in [-0.1, -0.05) is 12.1 Å². The Morgan fingerprint density at radius 2 is 2.17 bits per heavy atom. The van der Waals surface area contributed by atoms with E-state index in [-0.39, 0.29) is 5.38 Å². The molecule has 3 rings (SSSR count). The number of benzene rings is 1. The molecule has 0 fully saturated rings. The molecule has 0 aliphatic carbocycles. The van der Waals surface area contributed by atoms with Gasteiger partial charge in [-0.3, -0.25) is 0 Å². The number of hydrogen-bond donors (Lipinski definition) is 0. The Labute approximate surface area is 110 Å². The molecule has 2 aromatic heterocycles. The first-order valence-corrected chi connectivity index (χ1v) is 6.29. The first kappa shape index (κ1) is 11.4. The molecule has 0 N–H and O–H groups in total. The van der Waals surface area contributed by atoms with Crippen LogP contribution < -0.4 is 0 Å². The zero-order valence-electron chi connectivity index (χ0n) is 10.0. The van der Waals surface area contributed by atoms with Crippen LogP contribution in [0.4, 0.5) is 0 Å². The Morgan fingerprint density at radius 1 is 1.33 bits per heavy atom. The van der Waals surface area contributed by atoms with Gasteiger partial charge in [-0.15, -0.1) is 11.6 Å². The molecule has 0 amide bonds. The molecule has 1 aromatic carbocycles. The number of para-hydroxylation sites is 2. The molecule has 3 aromatic rings. The van der Waals surface area contributed by atoms with E-state index in [0.717, 1.165) is 29.0 Å². The van der Waals surface area contributed by atoms with Crippen LogP contribution in [0.15, 0.2) is 47.3 Å². The van der Waals surface area contributed by atoms with Gasteiger partial charge in [0.05, 0.1) is 35.5 Å². The molecule has 0 aliphatic heterocycles. The van der Waals surface area contributed by atoms with Crippen molar-refractivity contribution in [2.24, 2.45) is 0 Å². The Balaban J connectivity index is 2.15. The van der Waals surface area contributed by atoms with Gasteiger partial charge >= 0.3 is 0 Å². The minimum Gasteiger partial charge on any atom is -0.472 e. The lowest BCUT2D eigenvalue weighted by atomic mass is 10.3. The summed E-state index contributed by atoms with van der Waals surface area (Å²) in [5.41, 5.74) is 3.18. The lowest BCUT2D eigenvalue weighted by Gasteiger charge is -2.08. The summed E-state index contributed by atoms with van der Waals surface area (Å²) in [6.45, 7) is 2.66. The first-order valence-electron chi connectivity index (χ1n) is 5.86. The predicted octanol–water partition coefficient (Wildman–Crippen LogP) is 3.98. The van der Waals surface area contributed by atoms with E-state index in [2.05, 4.69) is 15.6 Å². The molecular formula is C14H13ClN2O. The number of alkyl halides is 1. The topological polar surface area (TPSA) is 31.0 Å². The van der Waals surface area contributed by atoms with Crippen LogP contribution in [0.2, 0.25) is 0 Å². The second kappa shape index (κ2) is 4.50. The second-order valence-electron chi connectivity index (χ2n) is 4.29. The van der Waals surface area contributed by atoms with Crippen molar-refractivity contribution in [3.63, 3.8) is 0 Å². The molecule has 0 spiro atoms. The van der Waals surface area contributed by atoms with Crippen LogP contribution in [0.1, 0.15) is 23.7 Å². The SMILES string of the molecule is CC(Cl)c1nc2ccccc2n1Cc1ccoc1. The number of halogens is 1. The summed E-state index contributed by atoms with van der Waals surface area (Å²) >= 11 is 6.21. The monoisotopic (exact) mass is 260 g/mol. The Bertz CT molecular complexity index is 656. The van der Waals surface area contributed by atoms with E-state index in [4.69, 9.17) is 16.0 Å². The molecule has 1 atom stereocenters. The van der Waals surface area contributed by atoms with E-state index in [1.807, 2.05) is 31.2 Å². The fourth-order valence-electron chi connectivity index (χ4n) is 2.13. The fraction of sp³-hybridized carbons (Fsp3) is 0.214. The molecule has 4 heteroatoms. The smallest absolute Gasteiger partial charge is 0.128 e. The van der Waals surface area contributed by atoms with Gasteiger partial charge in [-0.2, -0.15) is 0 Å². The zero-order chi connectivity index (χ0) is 12.5. The summed E-state index contributed by atoms with van der Waals surface area (Å²) < 4.78 is 7.25. The van der Waals surface area contributed by atoms with Gasteiger partial charge in [-0.05, 0) is 25.1 Å². The highest BCUT2D eigenvalue weighted by molar-refractivity contribution is 6.20. The lowest BCUT2D eigenvalue weighted by molar-refractivity contribution is 0.562. The zero-order valence-corrected chi connectivity index (χ0v) is 10.8. The first-order chi connectivity index (χ1) is 8.75. The predicted molar refractivity (Wildman–Crippen MR) is 71.8 cm³/mol. The molecular weight excluding hydrogens is 248 g/mol. The van der Waals surface area contributed by atoms with E-state index in [9.17, 15) is 0 Å². The van der Waals surface area contributed by atoms with Crippen molar-refractivity contribution in [1.29, 1.82) is 0 Å². The van der Waals surface area contributed by atoms with E-state index >= 15 is 0 Å². The van der Waals surface area contributed by atoms with Crippen LogP contribution >= 0.6 is 11.6 Å². The third-order valence-electron chi connectivity index (χ3n) is 2.96. The molecule has 0 radical (unpaired) electrons. The second-order valence-corrected chi connectivity index (χ2v) is 4.95. The Morgan fingerprint density at radius 3 is 2.89 bits per heavy atom. The number of fused-ring (bicyclic) bond motifs is 1. The number of imidazole rings is 1. The number of aromatic nitrogens is 2. The Hall–Kier alpha value is -1.74. The van der Waals surface area contributed by atoms with Crippen molar-refractivity contribution in [2.45, 2.75) is 18.8 Å². The number of nitrogens with zero attached hydrogens (tertiary/aromatic N) is 2. The number of rotatable bonds is 3. The molecule has 0 saturated carbocycles. The van der Waals surface area contributed by atoms with Gasteiger partial charge in [0.25, 0.3) is 0 Å². The summed E-state index contributed by atoms with van der Waals surface area (Å²) in [6.07, 6.45) is 3.43. The maximum Gasteiger partial charge on any atom is 0.128 e. The summed E-state index contributed by atoms with van der Waals surface area (Å²) in [6, 6.07) is 10.0. The van der Waals surface area contributed by atoms with Crippen LogP contribution in [-0.4, -0.2) is 9.55 Å². The van der Waals surface area contributed by atoms with E-state index in [1.165, 1.54) is 0 Å². The van der Waals surface area contributed by atoms with Gasteiger partial charge in [0.15, 0.2) is 0 Å². The van der Waals surface area contributed by atoms with Crippen LogP contribution in [0, 0.1) is 0 Å². The standard InChI is InChI=1S/C14H13ClN2O/c1-10(15)14-16-12-4-2-3-5-13(12)17(14)8-11-6-7-18-9-11/h2-7,9-10H,8H2,1H3. The molecule has 92 valence electrons. The minimum absolute atomic E-state index is 0.121. The van der Waals surface area contributed by atoms with Crippen LogP contribution in [0.5, 0.6) is 0 Å². The van der Waals surface area contributed by atoms with Gasteiger partial charge in [0.1, 0.15) is 5.82 Å². The van der Waals surface area contributed by atoms with Crippen molar-refractivity contribution in [3.05, 3.63) is 54.2 Å². The summed E-state index contributed by atoms with van der Waals surface area (Å²) in [4.78, 5) is 4.59. The van der Waals surface area contributed by atoms with Gasteiger partial charge in [-0.25, -0.2) is 4.98 Å². The molecule has 0 aliphatic rings. The third-order valence-corrected chi connectivity index (χ3v) is 3.16. The lowest BCUT2D eigenvalue weighted by Crippen LogP contribution is -2.05. The van der Waals surface area contributed by atoms with Crippen molar-refractivity contribution >= 4 is 22.6 Å².